The fraction of sp³-hybridized carbons (Fsp3) is 0.500. The van der Waals surface area contributed by atoms with Crippen LogP contribution in [0.2, 0.25) is 0 Å². The average molecular weight is 286 g/mol. The van der Waals surface area contributed by atoms with Gasteiger partial charge in [-0.2, -0.15) is 30.4 Å². The molecule has 0 aliphatic carbocycles. The van der Waals surface area contributed by atoms with Gasteiger partial charge in [-0.1, -0.05) is 0 Å². The summed E-state index contributed by atoms with van der Waals surface area (Å²) in [5.41, 5.74) is -0.516. The molecule has 0 fully saturated rings. The van der Waals surface area contributed by atoms with Gasteiger partial charge in [-0.15, -0.1) is 0 Å². The maximum absolute atomic E-state index is 12.1. The topological polar surface area (TPSA) is 83.5 Å². The molecule has 0 saturated carbocycles. The molecular weight excluding hydrogens is 272 g/mol. The van der Waals surface area contributed by atoms with Gasteiger partial charge in [0.1, 0.15) is 5.39 Å². The van der Waals surface area contributed by atoms with Crippen molar-refractivity contribution in [2.24, 2.45) is 0 Å². The highest BCUT2D eigenvalue weighted by atomic mass is 32.1. The molecule has 18 heavy (non-hydrogen) atoms. The average Bonchev–Trinajstić information content (AvgIpc) is 2.77. The second kappa shape index (κ2) is 4.85. The first-order chi connectivity index (χ1) is 8.44. The molecule has 0 radical (unpaired) electrons. The van der Waals surface area contributed by atoms with Gasteiger partial charge in [0.25, 0.3) is 5.56 Å². The molecule has 2 rings (SSSR count). The lowest BCUT2D eigenvalue weighted by atomic mass is 10.1. The third kappa shape index (κ3) is 2.49. The van der Waals surface area contributed by atoms with Crippen LogP contribution in [0.4, 0.5) is 0 Å². The number of hydrogen-bond acceptors (Lipinski definition) is 5. The van der Waals surface area contributed by atoms with Gasteiger partial charge in [-0.3, -0.25) is 19.4 Å². The van der Waals surface area contributed by atoms with E-state index in [2.05, 4.69) is 40.4 Å². The first-order valence-electron chi connectivity index (χ1n) is 5.44. The van der Waals surface area contributed by atoms with Gasteiger partial charge >= 0.3 is 5.69 Å². The number of nitrogens with one attached hydrogen (secondary N) is 2. The van der Waals surface area contributed by atoms with Crippen molar-refractivity contribution in [3.8, 4) is 0 Å². The van der Waals surface area contributed by atoms with Gasteiger partial charge in [0.05, 0.1) is 0 Å². The largest absolute Gasteiger partial charge is 0.330 e. The van der Waals surface area contributed by atoms with Gasteiger partial charge in [-0.25, -0.2) is 4.79 Å². The normalized spacial score (nSPS) is 14.8. The monoisotopic (exact) mass is 286 g/mol. The van der Waals surface area contributed by atoms with E-state index in [1.165, 1.54) is 6.20 Å². The second-order valence-electron chi connectivity index (χ2n) is 4.44. The second-order valence-corrected chi connectivity index (χ2v) is 5.84. The fourth-order valence-electron chi connectivity index (χ4n) is 1.59. The Hall–Kier alpha value is -1.15. The lowest BCUT2D eigenvalue weighted by Gasteiger charge is -2.20. The van der Waals surface area contributed by atoms with Crippen molar-refractivity contribution in [2.75, 3.05) is 5.75 Å². The van der Waals surface area contributed by atoms with Crippen molar-refractivity contribution in [1.82, 2.24) is 19.7 Å². The van der Waals surface area contributed by atoms with Crippen LogP contribution in [0.1, 0.15) is 13.3 Å². The zero-order valence-corrected chi connectivity index (χ0v) is 11.6. The Kier molecular flexibility index (Phi) is 3.58. The molecule has 0 spiro atoms. The Morgan fingerprint density at radius 1 is 1.50 bits per heavy atom. The Morgan fingerprint density at radius 2 is 2.22 bits per heavy atom. The molecule has 0 amide bonds. The third-order valence-electron chi connectivity index (χ3n) is 2.80. The number of fused-ring (bicyclic) bond motifs is 1. The Bertz CT molecular complexity index is 670. The van der Waals surface area contributed by atoms with Crippen molar-refractivity contribution in [2.45, 2.75) is 24.6 Å². The number of nitrogens with zero attached hydrogens (tertiary/aromatic N) is 2. The summed E-state index contributed by atoms with van der Waals surface area (Å²) >= 11 is 8.61. The predicted octanol–water partition coefficient (Wildman–Crippen LogP) is 0.421. The molecule has 2 aromatic rings. The molecule has 1 atom stereocenters. The number of aromatic amines is 2. The van der Waals surface area contributed by atoms with Crippen molar-refractivity contribution in [3.05, 3.63) is 27.0 Å². The zero-order valence-electron chi connectivity index (χ0n) is 9.80. The minimum atomic E-state index is -0.456. The van der Waals surface area contributed by atoms with Crippen molar-refractivity contribution in [3.63, 3.8) is 0 Å². The van der Waals surface area contributed by atoms with Crippen LogP contribution in [0, 0.1) is 0 Å². The number of hydrogen-bond donors (Lipinski definition) is 4. The smallest absolute Gasteiger partial charge is 0.290 e. The molecule has 0 bridgehead atoms. The van der Waals surface area contributed by atoms with Gasteiger partial charge < -0.3 is 0 Å². The zero-order chi connectivity index (χ0) is 13.3. The van der Waals surface area contributed by atoms with Crippen LogP contribution in [-0.4, -0.2) is 30.2 Å². The van der Waals surface area contributed by atoms with Gasteiger partial charge in [0.15, 0.2) is 5.65 Å². The Labute approximate surface area is 114 Å². The molecule has 0 aliphatic heterocycles. The first-order valence-corrected chi connectivity index (χ1v) is 6.52. The van der Waals surface area contributed by atoms with E-state index in [0.29, 0.717) is 24.1 Å². The van der Waals surface area contributed by atoms with Crippen molar-refractivity contribution >= 4 is 36.3 Å². The van der Waals surface area contributed by atoms with Crippen LogP contribution in [0.15, 0.2) is 15.8 Å². The van der Waals surface area contributed by atoms with Crippen molar-refractivity contribution in [1.29, 1.82) is 0 Å². The van der Waals surface area contributed by atoms with Gasteiger partial charge in [0.2, 0.25) is 0 Å². The summed E-state index contributed by atoms with van der Waals surface area (Å²) in [5.74, 6) is 0.566. The van der Waals surface area contributed by atoms with Crippen LogP contribution >= 0.6 is 25.3 Å². The van der Waals surface area contributed by atoms with E-state index >= 15 is 0 Å². The SMILES string of the molecule is C[C@](S)(CS)CCn1c(=O)[nH]c2n[nH]cc2c1=O. The van der Waals surface area contributed by atoms with Crippen LogP contribution in [-0.2, 0) is 6.54 Å². The summed E-state index contributed by atoms with van der Waals surface area (Å²) in [4.78, 5) is 26.4. The summed E-state index contributed by atoms with van der Waals surface area (Å²) in [5, 5.41) is 6.72. The summed E-state index contributed by atoms with van der Waals surface area (Å²) < 4.78 is 0.843. The standard InChI is InChI=1S/C10H14N4O2S2/c1-10(18,5-17)2-3-14-8(15)6-4-11-13-7(6)12-9(14)16/h4,17-18H,2-3,5H2,1H3,(H2,11,12,13,16)/t10-/m1/s1. The Balaban J connectivity index is 2.39. The van der Waals surface area contributed by atoms with E-state index in [-0.39, 0.29) is 16.0 Å². The van der Waals surface area contributed by atoms with Crippen LogP contribution < -0.4 is 11.2 Å². The summed E-state index contributed by atoms with van der Waals surface area (Å²) in [7, 11) is 0. The Morgan fingerprint density at radius 3 is 2.89 bits per heavy atom. The molecule has 2 aromatic heterocycles. The fourth-order valence-corrected chi connectivity index (χ4v) is 1.85. The molecule has 0 aromatic carbocycles. The molecule has 0 unspecified atom stereocenters. The number of thiol groups is 2. The highest BCUT2D eigenvalue weighted by Gasteiger charge is 2.18. The molecule has 2 heterocycles. The minimum Gasteiger partial charge on any atom is -0.290 e. The van der Waals surface area contributed by atoms with E-state index in [1.807, 2.05) is 6.92 Å². The van der Waals surface area contributed by atoms with Crippen molar-refractivity contribution < 1.29 is 0 Å². The van der Waals surface area contributed by atoms with E-state index in [1.54, 1.807) is 0 Å². The molecule has 6 nitrogen and oxygen atoms in total. The van der Waals surface area contributed by atoms with Crippen LogP contribution in [0.3, 0.4) is 0 Å². The third-order valence-corrected chi connectivity index (χ3v) is 4.13. The maximum Gasteiger partial charge on any atom is 0.330 e. The lowest BCUT2D eigenvalue weighted by Crippen LogP contribution is -2.37. The van der Waals surface area contributed by atoms with E-state index < -0.39 is 5.69 Å². The number of rotatable bonds is 4. The molecule has 8 heteroatoms. The lowest BCUT2D eigenvalue weighted by molar-refractivity contribution is 0.535. The maximum atomic E-state index is 12.1. The molecular formula is C10H14N4O2S2. The van der Waals surface area contributed by atoms with Gasteiger partial charge in [-0.05, 0) is 13.3 Å². The van der Waals surface area contributed by atoms with E-state index in [4.69, 9.17) is 0 Å². The first kappa shape index (κ1) is 13.3. The van der Waals surface area contributed by atoms with Crippen LogP contribution in [0.25, 0.3) is 11.0 Å². The summed E-state index contributed by atoms with van der Waals surface area (Å²) in [6.07, 6.45) is 2.05. The van der Waals surface area contributed by atoms with E-state index in [9.17, 15) is 9.59 Å². The predicted molar refractivity (Wildman–Crippen MR) is 76.8 cm³/mol. The summed E-state index contributed by atoms with van der Waals surface area (Å²) in [6.45, 7) is 2.22. The number of aromatic nitrogens is 4. The quantitative estimate of drug-likeness (QED) is 0.615. The highest BCUT2D eigenvalue weighted by Crippen LogP contribution is 2.20. The van der Waals surface area contributed by atoms with Crippen LogP contribution in [0.5, 0.6) is 0 Å². The molecule has 2 N–H and O–H groups in total. The molecule has 98 valence electrons. The highest BCUT2D eigenvalue weighted by molar-refractivity contribution is 7.85. The minimum absolute atomic E-state index is 0.282. The van der Waals surface area contributed by atoms with E-state index in [0.717, 1.165) is 4.57 Å². The van der Waals surface area contributed by atoms with Gasteiger partial charge in [0, 0.05) is 23.2 Å². The molecule has 0 aliphatic rings. The number of H-pyrrole nitrogens is 2. The molecule has 0 saturated heterocycles. The summed E-state index contributed by atoms with van der Waals surface area (Å²) in [6, 6.07) is 0.